The number of hydrogen-bond acceptors (Lipinski definition) is 4. The van der Waals surface area contributed by atoms with Crippen LogP contribution in [0.2, 0.25) is 0 Å². The summed E-state index contributed by atoms with van der Waals surface area (Å²) in [6.07, 6.45) is 0. The van der Waals surface area contributed by atoms with Crippen molar-refractivity contribution in [2.45, 2.75) is 27.7 Å². The van der Waals surface area contributed by atoms with Gasteiger partial charge in [0.05, 0.1) is 24.3 Å². The molecule has 0 bridgehead atoms. The molecule has 5 nitrogen and oxygen atoms in total. The standard InChI is InChI=1S/C18H21NO4/c1-5-22-17(20)15-12(3)19(14-10-8-7-9-11-14)13(4)16(15)18(21)23-6-2/h7-11H,5-6H2,1-4H3. The van der Waals surface area contributed by atoms with Gasteiger partial charge >= 0.3 is 11.9 Å². The lowest BCUT2D eigenvalue weighted by atomic mass is 10.1. The zero-order valence-electron chi connectivity index (χ0n) is 13.9. The maximum absolute atomic E-state index is 12.3. The highest BCUT2D eigenvalue weighted by atomic mass is 16.5. The monoisotopic (exact) mass is 315 g/mol. The van der Waals surface area contributed by atoms with Crippen LogP contribution in [0.15, 0.2) is 30.3 Å². The van der Waals surface area contributed by atoms with E-state index in [2.05, 4.69) is 0 Å². The molecule has 1 aromatic carbocycles. The molecule has 0 aliphatic rings. The van der Waals surface area contributed by atoms with Gasteiger partial charge in [0.15, 0.2) is 0 Å². The van der Waals surface area contributed by atoms with Gasteiger partial charge in [-0.15, -0.1) is 0 Å². The van der Waals surface area contributed by atoms with Crippen LogP contribution >= 0.6 is 0 Å². The summed E-state index contributed by atoms with van der Waals surface area (Å²) in [5.41, 5.74) is 2.74. The van der Waals surface area contributed by atoms with E-state index < -0.39 is 11.9 Å². The Morgan fingerprint density at radius 1 is 0.870 bits per heavy atom. The summed E-state index contributed by atoms with van der Waals surface area (Å²) in [6, 6.07) is 9.56. The van der Waals surface area contributed by atoms with E-state index in [9.17, 15) is 9.59 Å². The van der Waals surface area contributed by atoms with Crippen LogP contribution in [0.1, 0.15) is 46.0 Å². The lowest BCUT2D eigenvalue weighted by Crippen LogP contribution is -2.13. The first-order chi connectivity index (χ1) is 11.0. The van der Waals surface area contributed by atoms with E-state index in [0.29, 0.717) is 11.4 Å². The summed E-state index contributed by atoms with van der Waals surface area (Å²) >= 11 is 0. The van der Waals surface area contributed by atoms with Crippen LogP contribution in [-0.2, 0) is 9.47 Å². The lowest BCUT2D eigenvalue weighted by molar-refractivity contribution is 0.0479. The maximum Gasteiger partial charge on any atom is 0.340 e. The Hall–Kier alpha value is -2.56. The number of nitrogens with zero attached hydrogens (tertiary/aromatic N) is 1. The van der Waals surface area contributed by atoms with E-state index in [1.807, 2.05) is 34.9 Å². The molecule has 0 N–H and O–H groups in total. The van der Waals surface area contributed by atoms with Crippen LogP contribution in [0.4, 0.5) is 0 Å². The molecular formula is C18H21NO4. The molecule has 23 heavy (non-hydrogen) atoms. The summed E-state index contributed by atoms with van der Waals surface area (Å²) in [7, 11) is 0. The minimum Gasteiger partial charge on any atom is -0.462 e. The third kappa shape index (κ3) is 3.13. The molecule has 0 unspecified atom stereocenters. The van der Waals surface area contributed by atoms with Crippen LogP contribution in [0, 0.1) is 13.8 Å². The second-order valence-electron chi connectivity index (χ2n) is 5.03. The minimum absolute atomic E-state index is 0.246. The molecule has 1 heterocycles. The molecule has 0 atom stereocenters. The second kappa shape index (κ2) is 7.13. The number of esters is 2. The average Bonchev–Trinajstić information content (AvgIpc) is 2.79. The van der Waals surface area contributed by atoms with Crippen molar-refractivity contribution < 1.29 is 19.1 Å². The first-order valence-corrected chi connectivity index (χ1v) is 7.64. The third-order valence-corrected chi connectivity index (χ3v) is 3.62. The number of hydrogen-bond donors (Lipinski definition) is 0. The number of rotatable bonds is 5. The van der Waals surface area contributed by atoms with E-state index >= 15 is 0 Å². The van der Waals surface area contributed by atoms with Crippen LogP contribution in [-0.4, -0.2) is 29.7 Å². The van der Waals surface area contributed by atoms with Crippen molar-refractivity contribution in [2.24, 2.45) is 0 Å². The van der Waals surface area contributed by atoms with Gasteiger partial charge in [0.25, 0.3) is 0 Å². The fourth-order valence-electron chi connectivity index (χ4n) is 2.71. The molecule has 5 heteroatoms. The molecule has 2 aromatic rings. The average molecular weight is 315 g/mol. The van der Waals surface area contributed by atoms with Crippen molar-refractivity contribution in [1.29, 1.82) is 0 Å². The number of para-hydroxylation sites is 1. The molecule has 0 fully saturated rings. The van der Waals surface area contributed by atoms with E-state index in [1.54, 1.807) is 27.7 Å². The minimum atomic E-state index is -0.508. The van der Waals surface area contributed by atoms with Crippen molar-refractivity contribution in [3.8, 4) is 5.69 Å². The zero-order chi connectivity index (χ0) is 17.0. The van der Waals surface area contributed by atoms with Crippen LogP contribution < -0.4 is 0 Å². The van der Waals surface area contributed by atoms with Crippen LogP contribution in [0.25, 0.3) is 5.69 Å². The summed E-state index contributed by atoms with van der Waals surface area (Å²) in [4.78, 5) is 24.7. The quantitative estimate of drug-likeness (QED) is 0.793. The van der Waals surface area contributed by atoms with Crippen LogP contribution in [0.5, 0.6) is 0 Å². The highest BCUT2D eigenvalue weighted by molar-refractivity contribution is 6.05. The molecule has 0 saturated carbocycles. The van der Waals surface area contributed by atoms with Gasteiger partial charge in [-0.2, -0.15) is 0 Å². The van der Waals surface area contributed by atoms with Gasteiger partial charge in [-0.1, -0.05) is 18.2 Å². The van der Waals surface area contributed by atoms with Crippen molar-refractivity contribution in [2.75, 3.05) is 13.2 Å². The fraction of sp³-hybridized carbons (Fsp3) is 0.333. The van der Waals surface area contributed by atoms with Gasteiger partial charge in [-0.3, -0.25) is 0 Å². The largest absolute Gasteiger partial charge is 0.462 e. The Bertz CT molecular complexity index is 675. The molecular weight excluding hydrogens is 294 g/mol. The van der Waals surface area contributed by atoms with Crippen molar-refractivity contribution in [3.05, 3.63) is 52.8 Å². The van der Waals surface area contributed by atoms with Gasteiger partial charge in [0.2, 0.25) is 0 Å². The Labute approximate surface area is 135 Å². The molecule has 1 aromatic heterocycles. The summed E-state index contributed by atoms with van der Waals surface area (Å²) in [5, 5.41) is 0. The van der Waals surface area contributed by atoms with E-state index in [4.69, 9.17) is 9.47 Å². The van der Waals surface area contributed by atoms with E-state index in [0.717, 1.165) is 5.69 Å². The SMILES string of the molecule is CCOC(=O)c1c(C(=O)OCC)c(C)n(-c2ccccc2)c1C. The van der Waals surface area contributed by atoms with Gasteiger partial charge in [0.1, 0.15) is 0 Å². The third-order valence-electron chi connectivity index (χ3n) is 3.62. The van der Waals surface area contributed by atoms with Crippen molar-refractivity contribution >= 4 is 11.9 Å². The van der Waals surface area contributed by atoms with Crippen molar-refractivity contribution in [1.82, 2.24) is 4.57 Å². The number of carbonyl (C=O) groups is 2. The predicted octanol–water partition coefficient (Wildman–Crippen LogP) is 3.45. The molecule has 0 amide bonds. The topological polar surface area (TPSA) is 57.5 Å². The highest BCUT2D eigenvalue weighted by Crippen LogP contribution is 2.27. The zero-order valence-corrected chi connectivity index (χ0v) is 13.9. The number of aromatic nitrogens is 1. The second-order valence-corrected chi connectivity index (χ2v) is 5.03. The number of carbonyl (C=O) groups excluding carboxylic acids is 2. The predicted molar refractivity (Wildman–Crippen MR) is 87.2 cm³/mol. The molecule has 0 spiro atoms. The van der Waals surface area contributed by atoms with E-state index in [-0.39, 0.29) is 24.3 Å². The smallest absolute Gasteiger partial charge is 0.340 e. The summed E-state index contributed by atoms with van der Waals surface area (Å²) < 4.78 is 12.1. The van der Waals surface area contributed by atoms with Gasteiger partial charge in [-0.25, -0.2) is 9.59 Å². The fourth-order valence-corrected chi connectivity index (χ4v) is 2.71. The Morgan fingerprint density at radius 2 is 1.30 bits per heavy atom. The first-order valence-electron chi connectivity index (χ1n) is 7.64. The maximum atomic E-state index is 12.3. The van der Waals surface area contributed by atoms with Gasteiger partial charge < -0.3 is 14.0 Å². The van der Waals surface area contributed by atoms with Gasteiger partial charge in [-0.05, 0) is 39.8 Å². The molecule has 2 rings (SSSR count). The summed E-state index contributed by atoms with van der Waals surface area (Å²) in [6.45, 7) is 7.56. The highest BCUT2D eigenvalue weighted by Gasteiger charge is 2.29. The van der Waals surface area contributed by atoms with Gasteiger partial charge in [0, 0.05) is 17.1 Å². The van der Waals surface area contributed by atoms with Crippen LogP contribution in [0.3, 0.4) is 0 Å². The molecule has 122 valence electrons. The lowest BCUT2D eigenvalue weighted by Gasteiger charge is -2.09. The molecule has 0 aliphatic carbocycles. The van der Waals surface area contributed by atoms with Crippen molar-refractivity contribution in [3.63, 3.8) is 0 Å². The first kappa shape index (κ1) is 16.8. The summed E-state index contributed by atoms with van der Waals surface area (Å²) in [5.74, 6) is -1.02. The normalized spacial score (nSPS) is 10.4. The Balaban J connectivity index is 2.69. The Morgan fingerprint density at radius 3 is 1.70 bits per heavy atom. The number of benzene rings is 1. The Kier molecular flexibility index (Phi) is 5.21. The number of ether oxygens (including phenoxy) is 2. The van der Waals surface area contributed by atoms with E-state index in [1.165, 1.54) is 0 Å². The molecule has 0 aliphatic heterocycles. The molecule has 0 radical (unpaired) electrons. The molecule has 0 saturated heterocycles.